The molecular weight excluding hydrogens is 262 g/mol. The van der Waals surface area contributed by atoms with Gasteiger partial charge >= 0.3 is 0 Å². The monoisotopic (exact) mass is 281 g/mol. The maximum atomic E-state index is 12.8. The highest BCUT2D eigenvalue weighted by Gasteiger charge is 2.29. The lowest BCUT2D eigenvalue weighted by Gasteiger charge is -2.25. The Labute approximate surface area is 125 Å². The zero-order valence-corrected chi connectivity index (χ0v) is 11.9. The van der Waals surface area contributed by atoms with Gasteiger partial charge in [-0.25, -0.2) is 0 Å². The fraction of sp³-hybridized carbons (Fsp3) is 0.278. The van der Waals surface area contributed by atoms with Crippen LogP contribution in [-0.2, 0) is 16.1 Å². The Bertz CT molecular complexity index is 577. The van der Waals surface area contributed by atoms with E-state index in [0.717, 1.165) is 24.1 Å². The van der Waals surface area contributed by atoms with Crippen molar-refractivity contribution < 1.29 is 9.53 Å². The second-order valence-electron chi connectivity index (χ2n) is 5.25. The molecule has 2 aromatic carbocycles. The van der Waals surface area contributed by atoms with Crippen LogP contribution in [0.25, 0.3) is 0 Å². The highest BCUT2D eigenvalue weighted by atomic mass is 16.5. The van der Waals surface area contributed by atoms with Gasteiger partial charge in [-0.05, 0) is 30.5 Å². The first-order valence-electron chi connectivity index (χ1n) is 7.36. The van der Waals surface area contributed by atoms with Crippen LogP contribution in [0.4, 0.5) is 5.69 Å². The highest BCUT2D eigenvalue weighted by Crippen LogP contribution is 2.22. The Morgan fingerprint density at radius 3 is 2.33 bits per heavy atom. The number of para-hydroxylation sites is 1. The minimum atomic E-state index is -0.297. The van der Waals surface area contributed by atoms with E-state index < -0.39 is 0 Å². The van der Waals surface area contributed by atoms with Gasteiger partial charge in [-0.3, -0.25) is 4.79 Å². The maximum Gasteiger partial charge on any atom is 0.256 e. The van der Waals surface area contributed by atoms with Crippen LogP contribution < -0.4 is 4.90 Å². The zero-order chi connectivity index (χ0) is 14.5. The fourth-order valence-corrected chi connectivity index (χ4v) is 2.62. The summed E-state index contributed by atoms with van der Waals surface area (Å²) in [5.41, 5.74) is 2.04. The maximum absolute atomic E-state index is 12.8. The molecule has 108 valence electrons. The highest BCUT2D eigenvalue weighted by molar-refractivity contribution is 5.96. The third-order valence-electron chi connectivity index (χ3n) is 3.72. The van der Waals surface area contributed by atoms with Crippen LogP contribution in [0.1, 0.15) is 18.4 Å². The van der Waals surface area contributed by atoms with Crippen molar-refractivity contribution in [2.45, 2.75) is 25.5 Å². The van der Waals surface area contributed by atoms with Gasteiger partial charge in [0.2, 0.25) is 0 Å². The molecule has 0 aromatic heterocycles. The third kappa shape index (κ3) is 3.31. The molecule has 1 amide bonds. The Balaban J connectivity index is 1.85. The molecule has 0 unspecified atom stereocenters. The van der Waals surface area contributed by atoms with Gasteiger partial charge in [0.15, 0.2) is 0 Å². The van der Waals surface area contributed by atoms with Crippen LogP contribution in [0, 0.1) is 0 Å². The predicted molar refractivity (Wildman–Crippen MR) is 83.0 cm³/mol. The topological polar surface area (TPSA) is 29.5 Å². The summed E-state index contributed by atoms with van der Waals surface area (Å²) < 4.78 is 5.56. The average Bonchev–Trinajstić information content (AvgIpc) is 3.08. The number of carbonyl (C=O) groups excluding carboxylic acids is 1. The first kappa shape index (κ1) is 13.8. The molecular formula is C18H19NO2. The van der Waals surface area contributed by atoms with Crippen molar-refractivity contribution in [1.82, 2.24) is 0 Å². The quantitative estimate of drug-likeness (QED) is 0.859. The van der Waals surface area contributed by atoms with Gasteiger partial charge in [0.25, 0.3) is 5.91 Å². The van der Waals surface area contributed by atoms with Crippen LogP contribution in [0.3, 0.4) is 0 Å². The van der Waals surface area contributed by atoms with Crippen molar-refractivity contribution in [3.8, 4) is 0 Å². The lowest BCUT2D eigenvalue weighted by atomic mass is 10.1. The van der Waals surface area contributed by atoms with Crippen molar-refractivity contribution in [3.05, 3.63) is 66.2 Å². The van der Waals surface area contributed by atoms with E-state index >= 15 is 0 Å². The van der Waals surface area contributed by atoms with E-state index in [-0.39, 0.29) is 12.0 Å². The van der Waals surface area contributed by atoms with E-state index in [1.165, 1.54) is 0 Å². The predicted octanol–water partition coefficient (Wildman–Crippen LogP) is 3.40. The minimum Gasteiger partial charge on any atom is -0.368 e. The molecule has 3 nitrogen and oxygen atoms in total. The second kappa shape index (κ2) is 6.55. The van der Waals surface area contributed by atoms with Crippen LogP contribution in [0.15, 0.2) is 60.7 Å². The molecule has 0 bridgehead atoms. The first-order chi connectivity index (χ1) is 10.3. The second-order valence-corrected chi connectivity index (χ2v) is 5.25. The summed E-state index contributed by atoms with van der Waals surface area (Å²) in [7, 11) is 0. The van der Waals surface area contributed by atoms with Gasteiger partial charge in [-0.2, -0.15) is 0 Å². The lowest BCUT2D eigenvalue weighted by molar-refractivity contribution is -0.127. The Hall–Kier alpha value is -2.13. The summed E-state index contributed by atoms with van der Waals surface area (Å²) in [5.74, 6) is 0.0579. The number of hydrogen-bond donors (Lipinski definition) is 0. The van der Waals surface area contributed by atoms with E-state index in [0.29, 0.717) is 13.2 Å². The van der Waals surface area contributed by atoms with E-state index in [2.05, 4.69) is 0 Å². The SMILES string of the molecule is O=C([C@@H]1CCCO1)N(Cc1ccccc1)c1ccccc1. The molecule has 3 rings (SSSR count). The summed E-state index contributed by atoms with van der Waals surface area (Å²) in [4.78, 5) is 14.6. The zero-order valence-electron chi connectivity index (χ0n) is 11.9. The van der Waals surface area contributed by atoms with Crippen LogP contribution in [0.5, 0.6) is 0 Å². The molecule has 1 aliphatic heterocycles. The lowest BCUT2D eigenvalue weighted by Crippen LogP contribution is -2.38. The average molecular weight is 281 g/mol. The Morgan fingerprint density at radius 2 is 1.71 bits per heavy atom. The molecule has 1 fully saturated rings. The standard InChI is InChI=1S/C18H19NO2/c20-18(17-12-7-13-21-17)19(16-10-5-2-6-11-16)14-15-8-3-1-4-9-15/h1-6,8-11,17H,7,12-14H2/t17-/m0/s1. The van der Waals surface area contributed by atoms with E-state index in [1.54, 1.807) is 0 Å². The summed E-state index contributed by atoms with van der Waals surface area (Å²) in [5, 5.41) is 0. The third-order valence-corrected chi connectivity index (χ3v) is 3.72. The number of hydrogen-bond acceptors (Lipinski definition) is 2. The summed E-state index contributed by atoms with van der Waals surface area (Å²) in [6.45, 7) is 1.26. The number of carbonyl (C=O) groups is 1. The molecule has 3 heteroatoms. The van der Waals surface area contributed by atoms with Crippen molar-refractivity contribution in [2.75, 3.05) is 11.5 Å². The van der Waals surface area contributed by atoms with Crippen molar-refractivity contribution in [2.24, 2.45) is 0 Å². The number of rotatable bonds is 4. The fourth-order valence-electron chi connectivity index (χ4n) is 2.62. The van der Waals surface area contributed by atoms with Gasteiger partial charge in [-0.1, -0.05) is 48.5 Å². The Morgan fingerprint density at radius 1 is 1.05 bits per heavy atom. The molecule has 2 aromatic rings. The number of amides is 1. The van der Waals surface area contributed by atoms with Crippen molar-refractivity contribution >= 4 is 11.6 Å². The molecule has 0 N–H and O–H groups in total. The molecule has 0 aliphatic carbocycles. The normalized spacial score (nSPS) is 17.6. The van der Waals surface area contributed by atoms with Crippen molar-refractivity contribution in [3.63, 3.8) is 0 Å². The molecule has 1 atom stereocenters. The number of anilines is 1. The van der Waals surface area contributed by atoms with Crippen molar-refractivity contribution in [1.29, 1.82) is 0 Å². The van der Waals surface area contributed by atoms with E-state index in [4.69, 9.17) is 4.74 Å². The number of ether oxygens (including phenoxy) is 1. The van der Waals surface area contributed by atoms with Gasteiger partial charge in [-0.15, -0.1) is 0 Å². The van der Waals surface area contributed by atoms with E-state index in [9.17, 15) is 4.79 Å². The van der Waals surface area contributed by atoms with Gasteiger partial charge < -0.3 is 9.64 Å². The van der Waals surface area contributed by atoms with Gasteiger partial charge in [0.05, 0.1) is 6.54 Å². The van der Waals surface area contributed by atoms with Crippen LogP contribution in [0.2, 0.25) is 0 Å². The molecule has 0 spiro atoms. The first-order valence-corrected chi connectivity index (χ1v) is 7.36. The molecule has 0 radical (unpaired) electrons. The molecule has 21 heavy (non-hydrogen) atoms. The number of nitrogens with zero attached hydrogens (tertiary/aromatic N) is 1. The number of benzene rings is 2. The molecule has 1 heterocycles. The molecule has 1 aliphatic rings. The van der Waals surface area contributed by atoms with Crippen LogP contribution in [-0.4, -0.2) is 18.6 Å². The molecule has 1 saturated heterocycles. The smallest absolute Gasteiger partial charge is 0.256 e. The summed E-state index contributed by atoms with van der Waals surface area (Å²) >= 11 is 0. The van der Waals surface area contributed by atoms with E-state index in [1.807, 2.05) is 65.6 Å². The van der Waals surface area contributed by atoms with Gasteiger partial charge in [0.1, 0.15) is 6.10 Å². The van der Waals surface area contributed by atoms with Gasteiger partial charge in [0, 0.05) is 12.3 Å². The minimum absolute atomic E-state index is 0.0579. The molecule has 0 saturated carbocycles. The largest absolute Gasteiger partial charge is 0.368 e. The summed E-state index contributed by atoms with van der Waals surface area (Å²) in [6.07, 6.45) is 1.48. The Kier molecular flexibility index (Phi) is 4.31. The van der Waals surface area contributed by atoms with Crippen LogP contribution >= 0.6 is 0 Å². The summed E-state index contributed by atoms with van der Waals surface area (Å²) in [6, 6.07) is 19.9.